The molecule has 1 aromatic rings. The fraction of sp³-hybridized carbons (Fsp3) is 0.500. The van der Waals surface area contributed by atoms with Gasteiger partial charge in [0.15, 0.2) is 9.84 Å². The fourth-order valence-electron chi connectivity index (χ4n) is 1.28. The lowest BCUT2D eigenvalue weighted by Gasteiger charge is -2.22. The number of nitrogens with zero attached hydrogens (tertiary/aromatic N) is 2. The Kier molecular flexibility index (Phi) is 4.43. The maximum atomic E-state index is 11.5. The summed E-state index contributed by atoms with van der Waals surface area (Å²) in [5.41, 5.74) is 1.27. The third-order valence-electron chi connectivity index (χ3n) is 2.82. The summed E-state index contributed by atoms with van der Waals surface area (Å²) in [6, 6.07) is 5.44. The summed E-state index contributed by atoms with van der Waals surface area (Å²) in [5, 5.41) is 11.8. The number of pyridine rings is 1. The van der Waals surface area contributed by atoms with Gasteiger partial charge in [0.25, 0.3) is 0 Å². The van der Waals surface area contributed by atoms with Crippen LogP contribution in [-0.4, -0.2) is 30.9 Å². The van der Waals surface area contributed by atoms with E-state index in [9.17, 15) is 8.42 Å². The van der Waals surface area contributed by atoms with E-state index >= 15 is 0 Å². The van der Waals surface area contributed by atoms with Crippen LogP contribution in [-0.2, 0) is 16.4 Å². The third kappa shape index (κ3) is 3.79. The van der Waals surface area contributed by atoms with Crippen LogP contribution in [0.25, 0.3) is 0 Å². The van der Waals surface area contributed by atoms with Crippen molar-refractivity contribution in [3.05, 3.63) is 29.6 Å². The molecule has 18 heavy (non-hydrogen) atoms. The van der Waals surface area contributed by atoms with Crippen molar-refractivity contribution in [2.45, 2.75) is 25.1 Å². The summed E-state index contributed by atoms with van der Waals surface area (Å²) in [6.45, 7) is 4.23. The molecule has 0 amide bonds. The van der Waals surface area contributed by atoms with Gasteiger partial charge in [-0.3, -0.25) is 0 Å². The SMILES string of the molecule is CC(C)(CNCc1ccnc(C#N)c1)S(C)(=O)=O. The minimum Gasteiger partial charge on any atom is -0.311 e. The summed E-state index contributed by atoms with van der Waals surface area (Å²) in [4.78, 5) is 3.87. The predicted molar refractivity (Wildman–Crippen MR) is 69.6 cm³/mol. The Labute approximate surface area is 108 Å². The topological polar surface area (TPSA) is 82.8 Å². The Morgan fingerprint density at radius 1 is 1.50 bits per heavy atom. The summed E-state index contributed by atoms with van der Waals surface area (Å²) in [6.07, 6.45) is 2.80. The molecule has 0 saturated heterocycles. The van der Waals surface area contributed by atoms with E-state index < -0.39 is 14.6 Å². The smallest absolute Gasteiger partial charge is 0.153 e. The Morgan fingerprint density at radius 3 is 2.72 bits per heavy atom. The molecule has 0 saturated carbocycles. The van der Waals surface area contributed by atoms with Gasteiger partial charge in [0.2, 0.25) is 0 Å². The molecule has 0 aliphatic carbocycles. The molecule has 0 atom stereocenters. The van der Waals surface area contributed by atoms with E-state index in [1.165, 1.54) is 6.26 Å². The van der Waals surface area contributed by atoms with Crippen molar-refractivity contribution < 1.29 is 8.42 Å². The van der Waals surface area contributed by atoms with Gasteiger partial charge < -0.3 is 5.32 Å². The normalized spacial score (nSPS) is 12.1. The van der Waals surface area contributed by atoms with Gasteiger partial charge in [-0.05, 0) is 31.5 Å². The van der Waals surface area contributed by atoms with Gasteiger partial charge in [-0.1, -0.05) is 0 Å². The van der Waals surface area contributed by atoms with Crippen LogP contribution in [0, 0.1) is 11.3 Å². The highest BCUT2D eigenvalue weighted by molar-refractivity contribution is 7.92. The first-order valence-electron chi connectivity index (χ1n) is 5.51. The molecule has 1 heterocycles. The van der Waals surface area contributed by atoms with Crippen LogP contribution in [0.1, 0.15) is 25.1 Å². The molecule has 98 valence electrons. The van der Waals surface area contributed by atoms with Crippen molar-refractivity contribution in [2.24, 2.45) is 0 Å². The lowest BCUT2D eigenvalue weighted by atomic mass is 10.2. The number of sulfone groups is 1. The summed E-state index contributed by atoms with van der Waals surface area (Å²) in [5.74, 6) is 0. The lowest BCUT2D eigenvalue weighted by Crippen LogP contribution is -2.41. The summed E-state index contributed by atoms with van der Waals surface area (Å²) in [7, 11) is -3.10. The van der Waals surface area contributed by atoms with Crippen LogP contribution in [0.2, 0.25) is 0 Å². The lowest BCUT2D eigenvalue weighted by molar-refractivity contribution is 0.521. The molecule has 0 aliphatic rings. The zero-order chi connectivity index (χ0) is 13.8. The van der Waals surface area contributed by atoms with Gasteiger partial charge in [0.05, 0.1) is 4.75 Å². The number of nitriles is 1. The Bertz CT molecular complexity index is 559. The first kappa shape index (κ1) is 14.6. The van der Waals surface area contributed by atoms with Crippen molar-refractivity contribution in [3.63, 3.8) is 0 Å². The Hall–Kier alpha value is -1.45. The van der Waals surface area contributed by atoms with Crippen LogP contribution < -0.4 is 5.32 Å². The van der Waals surface area contributed by atoms with Crippen molar-refractivity contribution in [1.29, 1.82) is 5.26 Å². The largest absolute Gasteiger partial charge is 0.311 e. The maximum Gasteiger partial charge on any atom is 0.153 e. The van der Waals surface area contributed by atoms with Crippen LogP contribution in [0.15, 0.2) is 18.3 Å². The first-order chi connectivity index (χ1) is 8.26. The first-order valence-corrected chi connectivity index (χ1v) is 7.41. The van der Waals surface area contributed by atoms with Crippen molar-refractivity contribution in [2.75, 3.05) is 12.8 Å². The van der Waals surface area contributed by atoms with Crippen molar-refractivity contribution in [3.8, 4) is 6.07 Å². The summed E-state index contributed by atoms with van der Waals surface area (Å²) >= 11 is 0. The molecule has 6 heteroatoms. The van der Waals surface area contributed by atoms with E-state index in [0.717, 1.165) is 5.56 Å². The molecular weight excluding hydrogens is 250 g/mol. The highest BCUT2D eigenvalue weighted by Gasteiger charge is 2.29. The number of nitrogens with one attached hydrogen (secondary N) is 1. The second-order valence-corrected chi connectivity index (χ2v) is 7.45. The van der Waals surface area contributed by atoms with Crippen LogP contribution in [0.5, 0.6) is 0 Å². The molecule has 5 nitrogen and oxygen atoms in total. The van der Waals surface area contributed by atoms with Crippen LogP contribution in [0.3, 0.4) is 0 Å². The predicted octanol–water partition coefficient (Wildman–Crippen LogP) is 0.866. The fourth-order valence-corrected chi connectivity index (χ4v) is 1.65. The second kappa shape index (κ2) is 5.46. The second-order valence-electron chi connectivity index (χ2n) is 4.80. The Balaban J connectivity index is 2.60. The van der Waals surface area contributed by atoms with Gasteiger partial charge >= 0.3 is 0 Å². The van der Waals surface area contributed by atoms with Gasteiger partial charge in [0, 0.05) is 25.5 Å². The maximum absolute atomic E-state index is 11.5. The quantitative estimate of drug-likeness (QED) is 0.855. The molecule has 1 N–H and O–H groups in total. The zero-order valence-electron chi connectivity index (χ0n) is 10.8. The molecule has 0 aliphatic heterocycles. The average Bonchev–Trinajstić information content (AvgIpc) is 2.27. The highest BCUT2D eigenvalue weighted by atomic mass is 32.2. The molecule has 0 bridgehead atoms. The third-order valence-corrected chi connectivity index (χ3v) is 4.97. The van der Waals surface area contributed by atoms with Gasteiger partial charge in [-0.25, -0.2) is 13.4 Å². The zero-order valence-corrected chi connectivity index (χ0v) is 11.6. The van der Waals surface area contributed by atoms with Gasteiger partial charge in [-0.15, -0.1) is 0 Å². The van der Waals surface area contributed by atoms with Crippen molar-refractivity contribution in [1.82, 2.24) is 10.3 Å². The Morgan fingerprint density at radius 2 is 2.17 bits per heavy atom. The number of aromatic nitrogens is 1. The van der Waals surface area contributed by atoms with Crippen LogP contribution in [0.4, 0.5) is 0 Å². The van der Waals surface area contributed by atoms with E-state index in [-0.39, 0.29) is 0 Å². The standard InChI is InChI=1S/C12H17N3O2S/c1-12(2,18(3,16)17)9-14-8-10-4-5-15-11(6-10)7-13/h4-6,14H,8-9H2,1-3H3. The summed E-state index contributed by atoms with van der Waals surface area (Å²) < 4.78 is 22.2. The molecule has 0 spiro atoms. The number of hydrogen-bond donors (Lipinski definition) is 1. The van der Waals surface area contributed by atoms with E-state index in [1.54, 1.807) is 32.2 Å². The molecule has 0 radical (unpaired) electrons. The molecule has 0 unspecified atom stereocenters. The van der Waals surface area contributed by atoms with E-state index in [2.05, 4.69) is 10.3 Å². The average molecular weight is 267 g/mol. The van der Waals surface area contributed by atoms with Gasteiger partial charge in [0.1, 0.15) is 11.8 Å². The molecule has 1 aromatic heterocycles. The minimum atomic E-state index is -3.10. The van der Waals surface area contributed by atoms with E-state index in [0.29, 0.717) is 18.8 Å². The monoisotopic (exact) mass is 267 g/mol. The molecule has 0 fully saturated rings. The number of hydrogen-bond acceptors (Lipinski definition) is 5. The highest BCUT2D eigenvalue weighted by Crippen LogP contribution is 2.13. The molecule has 0 aromatic carbocycles. The molecular formula is C12H17N3O2S. The number of rotatable bonds is 5. The molecule has 1 rings (SSSR count). The minimum absolute atomic E-state index is 0.357. The van der Waals surface area contributed by atoms with Gasteiger partial charge in [-0.2, -0.15) is 5.26 Å². The van der Waals surface area contributed by atoms with E-state index in [1.807, 2.05) is 6.07 Å². The van der Waals surface area contributed by atoms with E-state index in [4.69, 9.17) is 5.26 Å². The van der Waals surface area contributed by atoms with Crippen molar-refractivity contribution >= 4 is 9.84 Å². The van der Waals surface area contributed by atoms with Crippen LogP contribution >= 0.6 is 0 Å².